The number of urea groups is 1. The molecule has 1 heterocycles. The van der Waals surface area contributed by atoms with Gasteiger partial charge in [-0.25, -0.2) is 18.0 Å². The maximum absolute atomic E-state index is 11.5. The van der Waals surface area contributed by atoms with Crippen molar-refractivity contribution in [1.29, 1.82) is 0 Å². The molecule has 3 N–H and O–H groups in total. The molecule has 0 aromatic heterocycles. The van der Waals surface area contributed by atoms with Gasteiger partial charge < -0.3 is 20.5 Å². The molecule has 1 rings (SSSR count). The average molecular weight is 294 g/mol. The van der Waals surface area contributed by atoms with Gasteiger partial charge in [0.1, 0.15) is 15.9 Å². The first-order chi connectivity index (χ1) is 8.78. The van der Waals surface area contributed by atoms with E-state index in [1.807, 2.05) is 0 Å². The van der Waals surface area contributed by atoms with Crippen LogP contribution in [0.3, 0.4) is 0 Å². The van der Waals surface area contributed by atoms with E-state index < -0.39 is 27.9 Å². The van der Waals surface area contributed by atoms with Crippen LogP contribution in [0.5, 0.6) is 0 Å². The maximum atomic E-state index is 11.5. The number of ether oxygens (including phenoxy) is 1. The Bertz CT molecular complexity index is 429. The van der Waals surface area contributed by atoms with Crippen molar-refractivity contribution < 1.29 is 27.9 Å². The third-order valence-corrected chi connectivity index (χ3v) is 3.62. The number of sulfone groups is 1. The van der Waals surface area contributed by atoms with E-state index in [0.29, 0.717) is 19.6 Å². The summed E-state index contributed by atoms with van der Waals surface area (Å²) in [6.45, 7) is 0.954. The molecule has 0 aromatic carbocycles. The zero-order chi connectivity index (χ0) is 14.5. The summed E-state index contributed by atoms with van der Waals surface area (Å²) >= 11 is 0. The van der Waals surface area contributed by atoms with Crippen LogP contribution in [0.2, 0.25) is 0 Å². The van der Waals surface area contributed by atoms with Crippen LogP contribution in [0.25, 0.3) is 0 Å². The van der Waals surface area contributed by atoms with Gasteiger partial charge in [-0.1, -0.05) is 0 Å². The van der Waals surface area contributed by atoms with Gasteiger partial charge in [0.2, 0.25) is 0 Å². The smallest absolute Gasteiger partial charge is 0.326 e. The highest BCUT2D eigenvalue weighted by Crippen LogP contribution is 2.03. The van der Waals surface area contributed by atoms with Gasteiger partial charge in [0, 0.05) is 12.9 Å². The minimum atomic E-state index is -3.27. The van der Waals surface area contributed by atoms with Crippen LogP contribution in [-0.4, -0.2) is 62.8 Å². The molecule has 2 unspecified atom stereocenters. The second kappa shape index (κ2) is 6.71. The highest BCUT2D eigenvalue weighted by Gasteiger charge is 2.24. The fraction of sp³-hybridized carbons (Fsp3) is 0.800. The molecule has 1 aliphatic rings. The fourth-order valence-electron chi connectivity index (χ4n) is 1.62. The Morgan fingerprint density at radius 2 is 2.16 bits per heavy atom. The van der Waals surface area contributed by atoms with Crippen LogP contribution < -0.4 is 10.6 Å². The first kappa shape index (κ1) is 15.7. The van der Waals surface area contributed by atoms with Gasteiger partial charge in [0.25, 0.3) is 0 Å². The van der Waals surface area contributed by atoms with Crippen LogP contribution in [0.1, 0.15) is 12.8 Å². The number of hydrogen-bond donors (Lipinski definition) is 3. The Kier molecular flexibility index (Phi) is 5.55. The van der Waals surface area contributed by atoms with Gasteiger partial charge in [-0.3, -0.25) is 0 Å². The molecule has 0 radical (unpaired) electrons. The Morgan fingerprint density at radius 3 is 2.63 bits per heavy atom. The number of amides is 2. The van der Waals surface area contributed by atoms with E-state index in [2.05, 4.69) is 10.6 Å². The molecule has 1 saturated heterocycles. The van der Waals surface area contributed by atoms with E-state index in [1.165, 1.54) is 0 Å². The standard InChI is InChI=1S/C10H18N2O6S/c1-19(16,17)5-3-8(9(13)14)12-10(15)11-7-2-4-18-6-7/h7-8H,2-6H2,1H3,(H,13,14)(H2,11,12,15). The van der Waals surface area contributed by atoms with Crippen LogP contribution in [-0.2, 0) is 19.4 Å². The third kappa shape index (κ3) is 6.39. The van der Waals surface area contributed by atoms with E-state index >= 15 is 0 Å². The van der Waals surface area contributed by atoms with Crippen molar-refractivity contribution in [3.05, 3.63) is 0 Å². The van der Waals surface area contributed by atoms with Crippen molar-refractivity contribution in [2.45, 2.75) is 24.9 Å². The van der Waals surface area contributed by atoms with E-state index in [4.69, 9.17) is 9.84 Å². The van der Waals surface area contributed by atoms with Crippen LogP contribution >= 0.6 is 0 Å². The lowest BCUT2D eigenvalue weighted by molar-refractivity contribution is -0.139. The zero-order valence-electron chi connectivity index (χ0n) is 10.6. The molecule has 0 saturated carbocycles. The van der Waals surface area contributed by atoms with Crippen molar-refractivity contribution in [2.24, 2.45) is 0 Å². The number of carboxylic acids is 1. The summed E-state index contributed by atoms with van der Waals surface area (Å²) in [5.74, 6) is -1.56. The Balaban J connectivity index is 2.43. The number of carbonyl (C=O) groups is 2. The predicted molar refractivity (Wildman–Crippen MR) is 66.6 cm³/mol. The molecule has 19 heavy (non-hydrogen) atoms. The van der Waals surface area contributed by atoms with Crippen LogP contribution in [0, 0.1) is 0 Å². The summed E-state index contributed by atoms with van der Waals surface area (Å²) in [4.78, 5) is 22.5. The van der Waals surface area contributed by atoms with E-state index in [0.717, 1.165) is 6.26 Å². The summed E-state index contributed by atoms with van der Waals surface area (Å²) in [7, 11) is -3.27. The van der Waals surface area contributed by atoms with Crippen molar-refractivity contribution in [3.63, 3.8) is 0 Å². The molecule has 8 nitrogen and oxygen atoms in total. The summed E-state index contributed by atoms with van der Waals surface area (Å²) in [5.41, 5.74) is 0. The summed E-state index contributed by atoms with van der Waals surface area (Å²) < 4.78 is 27.0. The van der Waals surface area contributed by atoms with E-state index in [1.54, 1.807) is 0 Å². The fourth-order valence-corrected chi connectivity index (χ4v) is 2.29. The Hall–Kier alpha value is -1.35. The highest BCUT2D eigenvalue weighted by molar-refractivity contribution is 7.90. The molecular weight excluding hydrogens is 276 g/mol. The van der Waals surface area contributed by atoms with Crippen LogP contribution in [0.4, 0.5) is 4.79 Å². The highest BCUT2D eigenvalue weighted by atomic mass is 32.2. The molecule has 1 fully saturated rings. The van der Waals surface area contributed by atoms with Gasteiger partial charge in [-0.15, -0.1) is 0 Å². The average Bonchev–Trinajstić information content (AvgIpc) is 2.75. The predicted octanol–water partition coefficient (Wildman–Crippen LogP) is -1.04. The normalized spacial score (nSPS) is 20.8. The number of carbonyl (C=O) groups excluding carboxylic acids is 1. The second-order valence-corrected chi connectivity index (χ2v) is 6.75. The van der Waals surface area contributed by atoms with Gasteiger partial charge in [-0.05, 0) is 12.8 Å². The second-order valence-electron chi connectivity index (χ2n) is 4.49. The molecule has 9 heteroatoms. The number of aliphatic carboxylic acids is 1. The lowest BCUT2D eigenvalue weighted by Crippen LogP contribution is -2.49. The largest absolute Gasteiger partial charge is 0.480 e. The summed E-state index contributed by atoms with van der Waals surface area (Å²) in [6, 6.07) is -1.99. The quantitative estimate of drug-likeness (QED) is 0.575. The summed E-state index contributed by atoms with van der Waals surface area (Å²) in [5, 5.41) is 13.7. The van der Waals surface area contributed by atoms with E-state index in [-0.39, 0.29) is 18.2 Å². The molecule has 0 bridgehead atoms. The van der Waals surface area contributed by atoms with E-state index in [9.17, 15) is 18.0 Å². The van der Waals surface area contributed by atoms with Gasteiger partial charge in [-0.2, -0.15) is 0 Å². The first-order valence-corrected chi connectivity index (χ1v) is 7.89. The van der Waals surface area contributed by atoms with Crippen molar-refractivity contribution in [1.82, 2.24) is 10.6 Å². The van der Waals surface area contributed by atoms with Crippen LogP contribution in [0.15, 0.2) is 0 Å². The lowest BCUT2D eigenvalue weighted by atomic mass is 10.2. The number of hydrogen-bond acceptors (Lipinski definition) is 5. The number of carboxylic acid groups (broad SMARTS) is 1. The van der Waals surface area contributed by atoms with Gasteiger partial charge in [0.05, 0.1) is 18.4 Å². The molecule has 1 aliphatic heterocycles. The molecular formula is C10H18N2O6S. The van der Waals surface area contributed by atoms with Crippen molar-refractivity contribution >= 4 is 21.8 Å². The van der Waals surface area contributed by atoms with Gasteiger partial charge in [0.15, 0.2) is 0 Å². The molecule has 2 amide bonds. The minimum absolute atomic E-state index is 0.135. The van der Waals surface area contributed by atoms with Crippen molar-refractivity contribution in [3.8, 4) is 0 Å². The molecule has 0 aliphatic carbocycles. The van der Waals surface area contributed by atoms with Gasteiger partial charge >= 0.3 is 12.0 Å². The number of nitrogens with one attached hydrogen (secondary N) is 2. The first-order valence-electron chi connectivity index (χ1n) is 5.83. The number of rotatable bonds is 6. The Morgan fingerprint density at radius 1 is 1.47 bits per heavy atom. The monoisotopic (exact) mass is 294 g/mol. The third-order valence-electron chi connectivity index (χ3n) is 2.65. The topological polar surface area (TPSA) is 122 Å². The molecule has 0 aromatic rings. The summed E-state index contributed by atoms with van der Waals surface area (Å²) in [6.07, 6.45) is 1.53. The zero-order valence-corrected chi connectivity index (χ0v) is 11.4. The molecule has 0 spiro atoms. The Labute approximate surface area is 111 Å². The SMILES string of the molecule is CS(=O)(=O)CCC(NC(=O)NC1CCOC1)C(=O)O. The molecule has 110 valence electrons. The van der Waals surface area contributed by atoms with Crippen molar-refractivity contribution in [2.75, 3.05) is 25.2 Å². The minimum Gasteiger partial charge on any atom is -0.480 e. The lowest BCUT2D eigenvalue weighted by Gasteiger charge is -2.16. The molecule has 2 atom stereocenters. The maximum Gasteiger partial charge on any atom is 0.326 e.